The summed E-state index contributed by atoms with van der Waals surface area (Å²) in [5.74, 6) is 2.45. The third-order valence-corrected chi connectivity index (χ3v) is 4.87. The Morgan fingerprint density at radius 2 is 2.11 bits per heavy atom. The normalized spacial score (nSPS) is 14.7. The highest BCUT2D eigenvalue weighted by atomic mass is 79.9. The molecule has 0 saturated heterocycles. The van der Waals surface area contributed by atoms with Crippen LogP contribution in [0.5, 0.6) is 0 Å². The van der Waals surface area contributed by atoms with Crippen LogP contribution in [0.25, 0.3) is 0 Å². The molecular weight excluding hydrogens is 322 g/mol. The highest BCUT2D eigenvalue weighted by molar-refractivity contribution is 9.10. The summed E-state index contributed by atoms with van der Waals surface area (Å²) in [6, 6.07) is 4.18. The monoisotopic (exact) mass is 337 g/mol. The van der Waals surface area contributed by atoms with Gasteiger partial charge in [0.2, 0.25) is 0 Å². The maximum atomic E-state index is 4.59. The zero-order valence-electron chi connectivity index (χ0n) is 11.0. The van der Waals surface area contributed by atoms with Crippen LogP contribution in [-0.2, 0) is 6.54 Å². The first-order valence-electron chi connectivity index (χ1n) is 6.46. The highest BCUT2D eigenvalue weighted by Crippen LogP contribution is 2.38. The van der Waals surface area contributed by atoms with Gasteiger partial charge in [0.1, 0.15) is 16.2 Å². The molecule has 0 unspecified atom stereocenters. The van der Waals surface area contributed by atoms with Crippen molar-refractivity contribution in [2.24, 2.45) is 0 Å². The molecule has 0 radical (unpaired) electrons. The molecule has 2 heterocycles. The van der Waals surface area contributed by atoms with E-state index >= 15 is 0 Å². The highest BCUT2D eigenvalue weighted by Gasteiger charge is 2.27. The van der Waals surface area contributed by atoms with E-state index in [-0.39, 0.29) is 0 Å². The minimum Gasteiger partial charge on any atom is -0.365 e. The van der Waals surface area contributed by atoms with Gasteiger partial charge in [0.05, 0.1) is 6.54 Å². The molecule has 19 heavy (non-hydrogen) atoms. The van der Waals surface area contributed by atoms with E-state index in [2.05, 4.69) is 51.1 Å². The average Bonchev–Trinajstić information content (AvgIpc) is 3.15. The van der Waals surface area contributed by atoms with Gasteiger partial charge in [-0.1, -0.05) is 0 Å². The Morgan fingerprint density at radius 1 is 1.32 bits per heavy atom. The summed E-state index contributed by atoms with van der Waals surface area (Å²) in [5, 5.41) is 3.39. The lowest BCUT2D eigenvalue weighted by atomic mass is 10.3. The van der Waals surface area contributed by atoms with Gasteiger partial charge in [-0.15, -0.1) is 11.3 Å². The Kier molecular flexibility index (Phi) is 3.58. The number of aromatic nitrogens is 2. The fourth-order valence-corrected chi connectivity index (χ4v) is 3.36. The van der Waals surface area contributed by atoms with E-state index < -0.39 is 0 Å². The maximum Gasteiger partial charge on any atom is 0.135 e. The lowest BCUT2D eigenvalue weighted by Gasteiger charge is -2.06. The van der Waals surface area contributed by atoms with Crippen molar-refractivity contribution in [3.05, 3.63) is 37.9 Å². The van der Waals surface area contributed by atoms with Crippen molar-refractivity contribution in [2.45, 2.75) is 39.2 Å². The van der Waals surface area contributed by atoms with E-state index in [0.717, 1.165) is 22.8 Å². The van der Waals surface area contributed by atoms with Crippen molar-refractivity contribution in [3.8, 4) is 0 Å². The molecule has 2 aromatic rings. The number of aryl methyl sites for hydroxylation is 2. The Hall–Kier alpha value is -0.940. The van der Waals surface area contributed by atoms with Crippen molar-refractivity contribution in [2.75, 3.05) is 5.32 Å². The lowest BCUT2D eigenvalue weighted by molar-refractivity contribution is 0.911. The van der Waals surface area contributed by atoms with Crippen LogP contribution in [0.2, 0.25) is 0 Å². The summed E-state index contributed by atoms with van der Waals surface area (Å²) in [4.78, 5) is 11.8. The molecule has 1 fully saturated rings. The molecule has 1 aliphatic rings. The molecule has 1 N–H and O–H groups in total. The first kappa shape index (κ1) is 13.1. The molecule has 100 valence electrons. The van der Waals surface area contributed by atoms with Crippen LogP contribution in [0.4, 0.5) is 5.82 Å². The molecule has 1 saturated carbocycles. The molecule has 3 nitrogen and oxygen atoms in total. The maximum absolute atomic E-state index is 4.59. The summed E-state index contributed by atoms with van der Waals surface area (Å²) in [6.07, 6.45) is 2.44. The van der Waals surface area contributed by atoms with Gasteiger partial charge in [0, 0.05) is 21.7 Å². The number of anilines is 1. The minimum atomic E-state index is 0.573. The van der Waals surface area contributed by atoms with Crippen molar-refractivity contribution in [1.29, 1.82) is 0 Å². The average molecular weight is 338 g/mol. The van der Waals surface area contributed by atoms with Gasteiger partial charge >= 0.3 is 0 Å². The van der Waals surface area contributed by atoms with Crippen LogP contribution in [-0.4, -0.2) is 9.97 Å². The zero-order valence-corrected chi connectivity index (χ0v) is 13.4. The van der Waals surface area contributed by atoms with Gasteiger partial charge < -0.3 is 5.32 Å². The largest absolute Gasteiger partial charge is 0.365 e. The first-order valence-corrected chi connectivity index (χ1v) is 8.07. The number of nitrogens with zero attached hydrogens (tertiary/aromatic N) is 2. The minimum absolute atomic E-state index is 0.573. The summed E-state index contributed by atoms with van der Waals surface area (Å²) >= 11 is 5.31. The van der Waals surface area contributed by atoms with E-state index in [9.17, 15) is 0 Å². The van der Waals surface area contributed by atoms with E-state index in [0.29, 0.717) is 5.92 Å². The predicted octanol–water partition coefficient (Wildman–Crippen LogP) is 4.41. The van der Waals surface area contributed by atoms with Crippen LogP contribution in [0.3, 0.4) is 0 Å². The molecule has 0 amide bonds. The molecule has 0 bridgehead atoms. The van der Waals surface area contributed by atoms with Gasteiger partial charge in [-0.05, 0) is 54.2 Å². The molecule has 2 aromatic heterocycles. The molecule has 3 rings (SSSR count). The molecule has 0 aromatic carbocycles. The Balaban J connectivity index is 1.72. The standard InChI is InChI=1S/C14H16BrN3S/c1-8-5-11(19-9(8)2)7-16-13-6-12(15)17-14(18-13)10-3-4-10/h5-6,10H,3-4,7H2,1-2H3,(H,16,17,18). The van der Waals surface area contributed by atoms with Gasteiger partial charge in [-0.2, -0.15) is 0 Å². The number of halogens is 1. The SMILES string of the molecule is Cc1cc(CNc2cc(Br)nc(C3CC3)n2)sc1C. The van der Waals surface area contributed by atoms with Crippen molar-refractivity contribution >= 4 is 33.1 Å². The van der Waals surface area contributed by atoms with Crippen LogP contribution in [0.1, 0.15) is 39.9 Å². The Labute approximate surface area is 125 Å². The lowest BCUT2D eigenvalue weighted by Crippen LogP contribution is -2.03. The number of hydrogen-bond donors (Lipinski definition) is 1. The third-order valence-electron chi connectivity index (χ3n) is 3.32. The van der Waals surface area contributed by atoms with Gasteiger partial charge in [-0.3, -0.25) is 0 Å². The molecule has 0 aliphatic heterocycles. The smallest absolute Gasteiger partial charge is 0.135 e. The number of nitrogens with one attached hydrogen (secondary N) is 1. The topological polar surface area (TPSA) is 37.8 Å². The number of hydrogen-bond acceptors (Lipinski definition) is 4. The Bertz CT molecular complexity index is 585. The zero-order chi connectivity index (χ0) is 13.4. The van der Waals surface area contributed by atoms with E-state index in [1.165, 1.54) is 28.2 Å². The Morgan fingerprint density at radius 3 is 2.74 bits per heavy atom. The van der Waals surface area contributed by atoms with Crippen molar-refractivity contribution < 1.29 is 0 Å². The molecule has 0 atom stereocenters. The molecular formula is C14H16BrN3S. The quantitative estimate of drug-likeness (QED) is 0.840. The summed E-state index contributed by atoms with van der Waals surface area (Å²) in [6.45, 7) is 5.14. The fraction of sp³-hybridized carbons (Fsp3) is 0.429. The fourth-order valence-electron chi connectivity index (χ4n) is 1.96. The van der Waals surface area contributed by atoms with Gasteiger partial charge in [0.25, 0.3) is 0 Å². The van der Waals surface area contributed by atoms with Crippen molar-refractivity contribution in [3.63, 3.8) is 0 Å². The van der Waals surface area contributed by atoms with Crippen LogP contribution < -0.4 is 5.32 Å². The number of rotatable bonds is 4. The van der Waals surface area contributed by atoms with Gasteiger partial charge in [0.15, 0.2) is 0 Å². The van der Waals surface area contributed by atoms with Crippen LogP contribution in [0, 0.1) is 13.8 Å². The number of thiophene rings is 1. The second kappa shape index (κ2) is 5.21. The summed E-state index contributed by atoms with van der Waals surface area (Å²) in [5.41, 5.74) is 1.37. The van der Waals surface area contributed by atoms with Crippen LogP contribution in [0.15, 0.2) is 16.7 Å². The molecule has 1 aliphatic carbocycles. The van der Waals surface area contributed by atoms with Crippen LogP contribution >= 0.6 is 27.3 Å². The van der Waals surface area contributed by atoms with Crippen molar-refractivity contribution in [1.82, 2.24) is 9.97 Å². The second-order valence-electron chi connectivity index (χ2n) is 5.01. The van der Waals surface area contributed by atoms with E-state index in [4.69, 9.17) is 0 Å². The summed E-state index contributed by atoms with van der Waals surface area (Å²) < 4.78 is 0.866. The predicted molar refractivity (Wildman–Crippen MR) is 82.8 cm³/mol. The second-order valence-corrected chi connectivity index (χ2v) is 7.17. The molecule has 5 heteroatoms. The van der Waals surface area contributed by atoms with E-state index in [1.807, 2.05) is 17.4 Å². The van der Waals surface area contributed by atoms with Gasteiger partial charge in [-0.25, -0.2) is 9.97 Å². The van der Waals surface area contributed by atoms with E-state index in [1.54, 1.807) is 0 Å². The first-order chi connectivity index (χ1) is 9.11. The third kappa shape index (κ3) is 3.15. The molecule has 0 spiro atoms. The summed E-state index contributed by atoms with van der Waals surface area (Å²) in [7, 11) is 0.